The van der Waals surface area contributed by atoms with Crippen LogP contribution in [0.2, 0.25) is 0 Å². The molecule has 17 heavy (non-hydrogen) atoms. The van der Waals surface area contributed by atoms with E-state index in [1.165, 1.54) is 43.0 Å². The van der Waals surface area contributed by atoms with E-state index in [4.69, 9.17) is 5.11 Å². The van der Waals surface area contributed by atoms with Crippen molar-refractivity contribution in [2.45, 2.75) is 30.8 Å². The fourth-order valence-electron chi connectivity index (χ4n) is 2.20. The summed E-state index contributed by atoms with van der Waals surface area (Å²) in [5, 5.41) is 12.4. The fourth-order valence-corrected chi connectivity index (χ4v) is 3.22. The fraction of sp³-hybridized carbons (Fsp3) is 0.571. The van der Waals surface area contributed by atoms with E-state index in [0.29, 0.717) is 0 Å². The largest absolute Gasteiger partial charge is 0.392 e. The third-order valence-electron chi connectivity index (χ3n) is 3.36. The van der Waals surface area contributed by atoms with Crippen LogP contribution in [-0.2, 0) is 6.61 Å². The molecule has 1 aromatic carbocycles. The van der Waals surface area contributed by atoms with E-state index >= 15 is 0 Å². The van der Waals surface area contributed by atoms with Gasteiger partial charge in [-0.3, -0.25) is 0 Å². The van der Waals surface area contributed by atoms with Gasteiger partial charge in [0.05, 0.1) is 6.61 Å². The molecule has 0 aromatic heterocycles. The number of nitrogens with one attached hydrogen (secondary N) is 1. The maximum atomic E-state index is 8.96. The van der Waals surface area contributed by atoms with Crippen LogP contribution in [0, 0.1) is 5.92 Å². The van der Waals surface area contributed by atoms with Gasteiger partial charge in [-0.05, 0) is 61.7 Å². The van der Waals surface area contributed by atoms with Gasteiger partial charge in [0, 0.05) is 4.90 Å². The number of piperidine rings is 1. The quantitative estimate of drug-likeness (QED) is 0.789. The highest BCUT2D eigenvalue weighted by molar-refractivity contribution is 7.99. The molecular formula is C14H21NOS. The first-order valence-electron chi connectivity index (χ1n) is 6.42. The molecule has 0 aliphatic carbocycles. The van der Waals surface area contributed by atoms with Gasteiger partial charge < -0.3 is 10.4 Å². The van der Waals surface area contributed by atoms with Crippen LogP contribution in [0.1, 0.15) is 24.8 Å². The summed E-state index contributed by atoms with van der Waals surface area (Å²) in [4.78, 5) is 1.32. The molecule has 0 unspecified atom stereocenters. The molecule has 1 aromatic rings. The number of aliphatic hydroxyl groups excluding tert-OH is 1. The zero-order chi connectivity index (χ0) is 11.9. The van der Waals surface area contributed by atoms with Gasteiger partial charge >= 0.3 is 0 Å². The summed E-state index contributed by atoms with van der Waals surface area (Å²) in [6.45, 7) is 2.53. The summed E-state index contributed by atoms with van der Waals surface area (Å²) in [7, 11) is 0. The average Bonchev–Trinajstić information content (AvgIpc) is 2.41. The monoisotopic (exact) mass is 251 g/mol. The van der Waals surface area contributed by atoms with Crippen molar-refractivity contribution in [3.8, 4) is 0 Å². The molecule has 0 saturated carbocycles. The average molecular weight is 251 g/mol. The molecule has 0 bridgehead atoms. The Labute approximate surface area is 108 Å². The van der Waals surface area contributed by atoms with E-state index in [2.05, 4.69) is 17.4 Å². The van der Waals surface area contributed by atoms with E-state index in [-0.39, 0.29) is 6.61 Å². The van der Waals surface area contributed by atoms with Gasteiger partial charge in [-0.15, -0.1) is 11.8 Å². The van der Waals surface area contributed by atoms with Gasteiger partial charge in [-0.2, -0.15) is 0 Å². The SMILES string of the molecule is OCc1ccc(SCCC2CCNCC2)cc1. The van der Waals surface area contributed by atoms with Gasteiger partial charge in [0.2, 0.25) is 0 Å². The van der Waals surface area contributed by atoms with Gasteiger partial charge in [-0.25, -0.2) is 0 Å². The van der Waals surface area contributed by atoms with Crippen LogP contribution in [-0.4, -0.2) is 23.9 Å². The topological polar surface area (TPSA) is 32.3 Å². The van der Waals surface area contributed by atoms with Crippen LogP contribution in [0.25, 0.3) is 0 Å². The van der Waals surface area contributed by atoms with E-state index < -0.39 is 0 Å². The molecule has 1 heterocycles. The summed E-state index contributed by atoms with van der Waals surface area (Å²) < 4.78 is 0. The highest BCUT2D eigenvalue weighted by atomic mass is 32.2. The predicted molar refractivity (Wildman–Crippen MR) is 73.3 cm³/mol. The van der Waals surface area contributed by atoms with Crippen LogP contribution in [0.5, 0.6) is 0 Å². The summed E-state index contributed by atoms with van der Waals surface area (Å²) in [5.74, 6) is 2.13. The van der Waals surface area contributed by atoms with Crippen molar-refractivity contribution in [3.63, 3.8) is 0 Å². The molecule has 94 valence electrons. The summed E-state index contributed by atoms with van der Waals surface area (Å²) in [6.07, 6.45) is 4.00. The minimum atomic E-state index is 0.139. The summed E-state index contributed by atoms with van der Waals surface area (Å²) in [5.41, 5.74) is 0.993. The van der Waals surface area contributed by atoms with E-state index in [0.717, 1.165) is 11.5 Å². The zero-order valence-electron chi connectivity index (χ0n) is 10.2. The Balaban J connectivity index is 1.69. The maximum absolute atomic E-state index is 8.96. The molecule has 1 fully saturated rings. The first kappa shape index (κ1) is 12.9. The molecule has 1 aliphatic heterocycles. The molecule has 0 amide bonds. The molecule has 2 N–H and O–H groups in total. The molecule has 2 nitrogen and oxygen atoms in total. The highest BCUT2D eigenvalue weighted by Gasteiger charge is 2.12. The molecular weight excluding hydrogens is 230 g/mol. The van der Waals surface area contributed by atoms with E-state index in [1.807, 2.05) is 23.9 Å². The molecule has 2 rings (SSSR count). The molecule has 3 heteroatoms. The first-order chi connectivity index (χ1) is 8.38. The second-order valence-electron chi connectivity index (χ2n) is 4.63. The predicted octanol–water partition coefficient (Wildman–Crippen LogP) is 2.66. The van der Waals surface area contributed by atoms with Crippen LogP contribution < -0.4 is 5.32 Å². The summed E-state index contributed by atoms with van der Waals surface area (Å²) >= 11 is 1.93. The van der Waals surface area contributed by atoms with Gasteiger partial charge in [0.25, 0.3) is 0 Å². The highest BCUT2D eigenvalue weighted by Crippen LogP contribution is 2.24. The van der Waals surface area contributed by atoms with Crippen molar-refractivity contribution in [1.82, 2.24) is 5.32 Å². The van der Waals surface area contributed by atoms with Gasteiger partial charge in [-0.1, -0.05) is 12.1 Å². The van der Waals surface area contributed by atoms with Crippen molar-refractivity contribution >= 4 is 11.8 Å². The number of benzene rings is 1. The van der Waals surface area contributed by atoms with Crippen LogP contribution in [0.15, 0.2) is 29.2 Å². The lowest BCUT2D eigenvalue weighted by Gasteiger charge is -2.22. The Morgan fingerprint density at radius 3 is 2.53 bits per heavy atom. The van der Waals surface area contributed by atoms with Crippen molar-refractivity contribution in [2.24, 2.45) is 5.92 Å². The molecule has 0 spiro atoms. The van der Waals surface area contributed by atoms with Crippen molar-refractivity contribution in [3.05, 3.63) is 29.8 Å². The Kier molecular flexibility index (Phi) is 5.36. The van der Waals surface area contributed by atoms with Crippen molar-refractivity contribution in [1.29, 1.82) is 0 Å². The van der Waals surface area contributed by atoms with Crippen LogP contribution in [0.3, 0.4) is 0 Å². The number of rotatable bonds is 5. The number of hydrogen-bond acceptors (Lipinski definition) is 3. The normalized spacial score (nSPS) is 17.2. The third-order valence-corrected chi connectivity index (χ3v) is 4.40. The Morgan fingerprint density at radius 1 is 1.18 bits per heavy atom. The second kappa shape index (κ2) is 7.04. The van der Waals surface area contributed by atoms with E-state index in [9.17, 15) is 0 Å². The third kappa shape index (κ3) is 4.34. The van der Waals surface area contributed by atoms with Crippen molar-refractivity contribution < 1.29 is 5.11 Å². The van der Waals surface area contributed by atoms with Gasteiger partial charge in [0.1, 0.15) is 0 Å². The Morgan fingerprint density at radius 2 is 1.88 bits per heavy atom. The zero-order valence-corrected chi connectivity index (χ0v) is 11.0. The van der Waals surface area contributed by atoms with Crippen LogP contribution >= 0.6 is 11.8 Å². The standard InChI is InChI=1S/C14H21NOS/c16-11-13-1-3-14(4-2-13)17-10-7-12-5-8-15-9-6-12/h1-4,12,15-16H,5-11H2. The van der Waals surface area contributed by atoms with Crippen LogP contribution in [0.4, 0.5) is 0 Å². The molecule has 0 radical (unpaired) electrons. The maximum Gasteiger partial charge on any atom is 0.0681 e. The Hall–Kier alpha value is -0.510. The number of hydrogen-bond donors (Lipinski definition) is 2. The minimum absolute atomic E-state index is 0.139. The first-order valence-corrected chi connectivity index (χ1v) is 7.40. The van der Waals surface area contributed by atoms with Gasteiger partial charge in [0.15, 0.2) is 0 Å². The molecule has 1 aliphatic rings. The lowest BCUT2D eigenvalue weighted by atomic mass is 9.96. The lowest BCUT2D eigenvalue weighted by molar-refractivity contribution is 0.282. The molecule has 1 saturated heterocycles. The number of thioether (sulfide) groups is 1. The van der Waals surface area contributed by atoms with E-state index in [1.54, 1.807) is 0 Å². The Bertz CT molecular complexity index is 319. The van der Waals surface area contributed by atoms with Crippen molar-refractivity contribution in [2.75, 3.05) is 18.8 Å². The molecule has 0 atom stereocenters. The minimum Gasteiger partial charge on any atom is -0.392 e. The summed E-state index contributed by atoms with van der Waals surface area (Å²) in [6, 6.07) is 8.23. The smallest absolute Gasteiger partial charge is 0.0681 e. The lowest BCUT2D eigenvalue weighted by Crippen LogP contribution is -2.27. The second-order valence-corrected chi connectivity index (χ2v) is 5.80. The number of aliphatic hydroxyl groups is 1.